The Balaban J connectivity index is 1.63. The summed E-state index contributed by atoms with van der Waals surface area (Å²) in [5.41, 5.74) is 8.13. The number of rotatable bonds is 7. The predicted molar refractivity (Wildman–Crippen MR) is 143 cm³/mol. The third-order valence-corrected chi connectivity index (χ3v) is 6.53. The molecule has 5 rings (SSSR count). The highest BCUT2D eigenvalue weighted by atomic mass is 35.5. The molecule has 1 atom stereocenters. The fourth-order valence-electron chi connectivity index (χ4n) is 3.86. The van der Waals surface area contributed by atoms with E-state index in [1.165, 1.54) is 11.3 Å². The van der Waals surface area contributed by atoms with E-state index in [4.69, 9.17) is 27.1 Å². The van der Waals surface area contributed by atoms with Crippen molar-refractivity contribution in [1.82, 2.24) is 24.5 Å². The van der Waals surface area contributed by atoms with Crippen molar-refractivity contribution in [2.75, 3.05) is 17.7 Å². The average Bonchev–Trinajstić information content (AvgIpc) is 3.33. The number of fused-ring (bicyclic) bond motifs is 1. The van der Waals surface area contributed by atoms with Gasteiger partial charge in [0.25, 0.3) is 10.8 Å². The van der Waals surface area contributed by atoms with Crippen molar-refractivity contribution in [3.05, 3.63) is 81.3 Å². The Hall–Kier alpha value is -4.02. The van der Waals surface area contributed by atoms with E-state index in [1.54, 1.807) is 29.0 Å². The molecule has 11 heteroatoms. The molecular weight excluding hydrogens is 498 g/mol. The largest absolute Gasteiger partial charge is 0.470 e. The van der Waals surface area contributed by atoms with Crippen molar-refractivity contribution >= 4 is 45.6 Å². The van der Waals surface area contributed by atoms with Crippen molar-refractivity contribution in [3.8, 4) is 22.1 Å². The van der Waals surface area contributed by atoms with Gasteiger partial charge in [-0.1, -0.05) is 47.2 Å². The molecule has 5 aromatic rings. The molecule has 3 heterocycles. The van der Waals surface area contributed by atoms with Gasteiger partial charge in [-0.25, -0.2) is 15.0 Å². The number of nitrogens with zero attached hydrogens (tertiary/aromatic N) is 5. The molecule has 3 aromatic heterocycles. The van der Waals surface area contributed by atoms with Crippen molar-refractivity contribution in [2.45, 2.75) is 19.9 Å². The molecule has 36 heavy (non-hydrogen) atoms. The van der Waals surface area contributed by atoms with Crippen LogP contribution in [0.25, 0.3) is 27.8 Å². The first-order valence-electron chi connectivity index (χ1n) is 11.2. The lowest BCUT2D eigenvalue weighted by molar-refractivity contribution is 0.338. The Bertz CT molecular complexity index is 1600. The average molecular weight is 520 g/mol. The summed E-state index contributed by atoms with van der Waals surface area (Å²) in [6.07, 6.45) is 1.61. The summed E-state index contributed by atoms with van der Waals surface area (Å²) < 4.78 is 7.07. The Kier molecular flexibility index (Phi) is 6.53. The van der Waals surface area contributed by atoms with Crippen molar-refractivity contribution in [1.29, 1.82) is 0 Å². The van der Waals surface area contributed by atoms with Crippen LogP contribution in [-0.4, -0.2) is 31.1 Å². The van der Waals surface area contributed by atoms with E-state index in [1.807, 2.05) is 49.6 Å². The molecule has 182 valence electrons. The summed E-state index contributed by atoms with van der Waals surface area (Å²) >= 11 is 7.78. The molecule has 0 aliphatic rings. The van der Waals surface area contributed by atoms with Crippen LogP contribution < -0.4 is 21.3 Å². The summed E-state index contributed by atoms with van der Waals surface area (Å²) in [6, 6.07) is 14.1. The molecule has 0 unspecified atom stereocenters. The van der Waals surface area contributed by atoms with Gasteiger partial charge in [0.15, 0.2) is 0 Å². The molecule has 0 bridgehead atoms. The zero-order valence-electron chi connectivity index (χ0n) is 19.5. The Morgan fingerprint density at radius 2 is 1.94 bits per heavy atom. The maximum atomic E-state index is 13.7. The first kappa shape index (κ1) is 23.7. The number of nitrogen functional groups attached to an aromatic ring is 1. The van der Waals surface area contributed by atoms with E-state index in [9.17, 15) is 4.79 Å². The monoisotopic (exact) mass is 519 g/mol. The fraction of sp³-hybridized carbons (Fsp3) is 0.160. The molecule has 0 aliphatic heterocycles. The SMILES string of the molecule is CCOc1nc(-c2cnc(N)nc2N[C@@H](C)c2nc3cccc(Cl)c3c(=O)n2-c2ccccc2)cs1. The lowest BCUT2D eigenvalue weighted by atomic mass is 10.2. The number of halogens is 1. The van der Waals surface area contributed by atoms with Crippen molar-refractivity contribution in [2.24, 2.45) is 0 Å². The van der Waals surface area contributed by atoms with Gasteiger partial charge in [0.1, 0.15) is 11.6 Å². The maximum absolute atomic E-state index is 13.7. The highest BCUT2D eigenvalue weighted by Gasteiger charge is 2.22. The number of ether oxygens (including phenoxy) is 1. The Morgan fingerprint density at radius 1 is 1.14 bits per heavy atom. The first-order valence-corrected chi connectivity index (χ1v) is 12.5. The molecule has 0 saturated carbocycles. The number of anilines is 2. The second kappa shape index (κ2) is 9.92. The van der Waals surface area contributed by atoms with E-state index >= 15 is 0 Å². The molecule has 0 fully saturated rings. The second-order valence-electron chi connectivity index (χ2n) is 7.87. The molecule has 9 nitrogen and oxygen atoms in total. The number of benzene rings is 2. The fourth-order valence-corrected chi connectivity index (χ4v) is 4.84. The van der Waals surface area contributed by atoms with Crippen molar-refractivity contribution in [3.63, 3.8) is 0 Å². The normalized spacial score (nSPS) is 12.0. The van der Waals surface area contributed by atoms with E-state index < -0.39 is 6.04 Å². The van der Waals surface area contributed by atoms with Crippen LogP contribution in [0.2, 0.25) is 5.02 Å². The van der Waals surface area contributed by atoms with Gasteiger partial charge in [-0.15, -0.1) is 0 Å². The summed E-state index contributed by atoms with van der Waals surface area (Å²) in [5.74, 6) is 1.05. The molecule has 2 aromatic carbocycles. The summed E-state index contributed by atoms with van der Waals surface area (Å²) in [4.78, 5) is 31.6. The second-order valence-corrected chi connectivity index (χ2v) is 9.10. The third-order valence-electron chi connectivity index (χ3n) is 5.46. The maximum Gasteiger partial charge on any atom is 0.273 e. The third kappa shape index (κ3) is 4.48. The lowest BCUT2D eigenvalue weighted by Gasteiger charge is -2.21. The van der Waals surface area contributed by atoms with Crippen LogP contribution in [0.3, 0.4) is 0 Å². The van der Waals surface area contributed by atoms with Crippen LogP contribution in [0.15, 0.2) is 64.9 Å². The number of nitrogens with two attached hydrogens (primary N) is 1. The Morgan fingerprint density at radius 3 is 2.72 bits per heavy atom. The number of hydrogen-bond acceptors (Lipinski definition) is 9. The van der Waals surface area contributed by atoms with E-state index in [0.717, 1.165) is 0 Å². The highest BCUT2D eigenvalue weighted by Crippen LogP contribution is 2.32. The quantitative estimate of drug-likeness (QED) is 0.304. The topological polar surface area (TPSA) is 121 Å². The molecule has 0 amide bonds. The molecule has 0 aliphatic carbocycles. The highest BCUT2D eigenvalue weighted by molar-refractivity contribution is 7.11. The smallest absolute Gasteiger partial charge is 0.273 e. The van der Waals surface area contributed by atoms with Gasteiger partial charge in [0, 0.05) is 11.6 Å². The summed E-state index contributed by atoms with van der Waals surface area (Å²) in [7, 11) is 0. The minimum atomic E-state index is -0.459. The van der Waals surface area contributed by atoms with Gasteiger partial charge in [-0.2, -0.15) is 4.98 Å². The van der Waals surface area contributed by atoms with Crippen molar-refractivity contribution < 1.29 is 4.74 Å². The van der Waals surface area contributed by atoms with Gasteiger partial charge in [0.2, 0.25) is 5.95 Å². The summed E-state index contributed by atoms with van der Waals surface area (Å²) in [5, 5.41) is 6.49. The Labute approximate surface area is 215 Å². The molecule has 0 spiro atoms. The summed E-state index contributed by atoms with van der Waals surface area (Å²) in [6.45, 7) is 4.31. The van der Waals surface area contributed by atoms with Crippen LogP contribution in [0.4, 0.5) is 11.8 Å². The molecule has 0 radical (unpaired) electrons. The van der Waals surface area contributed by atoms with Gasteiger partial charge in [-0.3, -0.25) is 9.36 Å². The minimum Gasteiger partial charge on any atom is -0.470 e. The number of aromatic nitrogens is 5. The van der Waals surface area contributed by atoms with E-state index in [-0.39, 0.29) is 11.5 Å². The van der Waals surface area contributed by atoms with Crippen LogP contribution in [0.1, 0.15) is 25.7 Å². The number of thiazole rings is 1. The zero-order chi connectivity index (χ0) is 25.2. The van der Waals surface area contributed by atoms with Crippen LogP contribution in [0.5, 0.6) is 5.19 Å². The van der Waals surface area contributed by atoms with Gasteiger partial charge < -0.3 is 15.8 Å². The zero-order valence-corrected chi connectivity index (χ0v) is 21.0. The van der Waals surface area contributed by atoms with Crippen LogP contribution in [-0.2, 0) is 0 Å². The van der Waals surface area contributed by atoms with Crippen LogP contribution in [0, 0.1) is 0 Å². The van der Waals surface area contributed by atoms with E-state index in [0.29, 0.717) is 56.3 Å². The van der Waals surface area contributed by atoms with Gasteiger partial charge in [-0.05, 0) is 38.1 Å². The van der Waals surface area contributed by atoms with E-state index in [2.05, 4.69) is 20.3 Å². The standard InChI is InChI=1S/C25H22ClN7O2S/c1-3-35-25-31-19(13-36-25)16-12-28-24(27)32-21(16)29-14(2)22-30-18-11-7-10-17(26)20(18)23(34)33(22)15-8-5-4-6-9-15/h4-14H,3H2,1-2H3,(H3,27,28,29,32)/t14-/m0/s1. The number of hydrogen-bond donors (Lipinski definition) is 2. The first-order chi connectivity index (χ1) is 17.5. The van der Waals surface area contributed by atoms with Crippen LogP contribution >= 0.6 is 22.9 Å². The molecular formula is C25H22ClN7O2S. The predicted octanol–water partition coefficient (Wildman–Crippen LogP) is 5.11. The minimum absolute atomic E-state index is 0.104. The molecule has 0 saturated heterocycles. The lowest BCUT2D eigenvalue weighted by Crippen LogP contribution is -2.27. The number of para-hydroxylation sites is 1. The van der Waals surface area contributed by atoms with Gasteiger partial charge >= 0.3 is 0 Å². The number of nitrogens with one attached hydrogen (secondary N) is 1. The van der Waals surface area contributed by atoms with Gasteiger partial charge in [0.05, 0.1) is 45.5 Å². The molecule has 3 N–H and O–H groups in total.